The molecule has 0 aliphatic carbocycles. The van der Waals surface area contributed by atoms with Crippen LogP contribution in [0.1, 0.15) is 30.0 Å². The minimum absolute atomic E-state index is 0.0232. The van der Waals surface area contributed by atoms with Crippen LogP contribution < -0.4 is 0 Å². The third-order valence-electron chi connectivity index (χ3n) is 4.85. The van der Waals surface area contributed by atoms with Gasteiger partial charge in [0.25, 0.3) is 0 Å². The first-order valence-corrected chi connectivity index (χ1v) is 9.66. The van der Waals surface area contributed by atoms with Gasteiger partial charge in [-0.25, -0.2) is 17.9 Å². The Hall–Kier alpha value is -2.77. The Kier molecular flexibility index (Phi) is 3.97. The Balaban J connectivity index is 1.53. The zero-order valence-electron chi connectivity index (χ0n) is 14.1. The van der Waals surface area contributed by atoms with Gasteiger partial charge < -0.3 is 0 Å². The zero-order chi connectivity index (χ0) is 18.3. The fourth-order valence-electron chi connectivity index (χ4n) is 3.38. The summed E-state index contributed by atoms with van der Waals surface area (Å²) in [5.74, 6) is 0.263. The maximum atomic E-state index is 12.9. The second-order valence-electron chi connectivity index (χ2n) is 6.30. The molecule has 0 amide bonds. The van der Waals surface area contributed by atoms with E-state index in [1.807, 2.05) is 24.4 Å². The van der Waals surface area contributed by atoms with Gasteiger partial charge in [0.1, 0.15) is 17.3 Å². The molecule has 4 rings (SSSR count). The van der Waals surface area contributed by atoms with Crippen molar-refractivity contribution in [3.63, 3.8) is 0 Å². The quantitative estimate of drug-likeness (QED) is 0.677. The number of hydrogen-bond donors (Lipinski definition) is 0. The number of hydrogen-bond acceptors (Lipinski definition) is 6. The maximum absolute atomic E-state index is 12.9. The molecule has 0 radical (unpaired) electrons. The number of sulfonamides is 1. The summed E-state index contributed by atoms with van der Waals surface area (Å²) in [6.07, 6.45) is 6.13. The second-order valence-corrected chi connectivity index (χ2v) is 8.20. The van der Waals surface area contributed by atoms with Crippen molar-refractivity contribution >= 4 is 15.7 Å². The molecule has 0 aromatic carbocycles. The minimum atomic E-state index is -3.72. The fraction of sp³-hybridized carbons (Fsp3) is 0.375. The Morgan fingerprint density at radius 3 is 2.73 bits per heavy atom. The van der Waals surface area contributed by atoms with E-state index < -0.39 is 10.0 Å². The molecule has 0 unspecified atom stereocenters. The van der Waals surface area contributed by atoms with Gasteiger partial charge in [-0.05, 0) is 30.4 Å². The minimum Gasteiger partial charge on any atom is -0.257 e. The van der Waals surface area contributed by atoms with Crippen molar-refractivity contribution in [3.8, 4) is 6.07 Å². The van der Waals surface area contributed by atoms with Gasteiger partial charge in [0.2, 0.25) is 10.0 Å². The van der Waals surface area contributed by atoms with Crippen LogP contribution in [-0.2, 0) is 17.1 Å². The Morgan fingerprint density at radius 2 is 2.00 bits per heavy atom. The molecule has 3 aromatic heterocycles. The molecular weight excluding hydrogens is 354 g/mol. The lowest BCUT2D eigenvalue weighted by Crippen LogP contribution is -2.38. The average Bonchev–Trinajstić information content (AvgIpc) is 3.27. The summed E-state index contributed by atoms with van der Waals surface area (Å²) < 4.78 is 30.2. The predicted octanol–water partition coefficient (Wildman–Crippen LogP) is 0.903. The Morgan fingerprint density at radius 1 is 1.23 bits per heavy atom. The van der Waals surface area contributed by atoms with E-state index >= 15 is 0 Å². The van der Waals surface area contributed by atoms with Gasteiger partial charge in [0, 0.05) is 26.3 Å². The normalized spacial score (nSPS) is 16.8. The van der Waals surface area contributed by atoms with E-state index in [-0.39, 0.29) is 16.5 Å². The molecule has 26 heavy (non-hydrogen) atoms. The molecule has 1 aliphatic rings. The summed E-state index contributed by atoms with van der Waals surface area (Å²) in [7, 11) is -2.16. The zero-order valence-corrected chi connectivity index (χ0v) is 15.0. The smallest absolute Gasteiger partial charge is 0.247 e. The Bertz CT molecular complexity index is 1100. The van der Waals surface area contributed by atoms with Gasteiger partial charge in [-0.3, -0.25) is 4.68 Å². The highest BCUT2D eigenvalue weighted by Crippen LogP contribution is 2.31. The summed E-state index contributed by atoms with van der Waals surface area (Å²) in [4.78, 5) is 4.11. The highest BCUT2D eigenvalue weighted by molar-refractivity contribution is 7.89. The molecule has 0 spiro atoms. The van der Waals surface area contributed by atoms with Crippen molar-refractivity contribution in [2.45, 2.75) is 23.7 Å². The van der Waals surface area contributed by atoms with Gasteiger partial charge in [-0.15, -0.1) is 0 Å². The molecule has 1 aliphatic heterocycles. The first-order chi connectivity index (χ1) is 12.5. The number of aromatic nitrogens is 5. The van der Waals surface area contributed by atoms with Crippen molar-refractivity contribution in [1.82, 2.24) is 28.7 Å². The highest BCUT2D eigenvalue weighted by atomic mass is 32.2. The van der Waals surface area contributed by atoms with E-state index in [9.17, 15) is 13.7 Å². The average molecular weight is 371 g/mol. The van der Waals surface area contributed by atoms with Crippen LogP contribution in [0.4, 0.5) is 0 Å². The number of aryl methyl sites for hydroxylation is 1. The molecular formula is C16H17N7O2S. The van der Waals surface area contributed by atoms with Crippen molar-refractivity contribution in [2.24, 2.45) is 7.05 Å². The molecule has 1 saturated heterocycles. The van der Waals surface area contributed by atoms with Crippen LogP contribution in [-0.4, -0.2) is 50.2 Å². The van der Waals surface area contributed by atoms with Crippen LogP contribution in [0.5, 0.6) is 0 Å². The van der Waals surface area contributed by atoms with E-state index in [1.54, 1.807) is 11.6 Å². The van der Waals surface area contributed by atoms with Gasteiger partial charge in [0.05, 0.1) is 6.20 Å². The molecule has 0 N–H and O–H groups in total. The monoisotopic (exact) mass is 371 g/mol. The van der Waals surface area contributed by atoms with Gasteiger partial charge >= 0.3 is 0 Å². The summed E-state index contributed by atoms with van der Waals surface area (Å²) >= 11 is 0. The number of fused-ring (bicyclic) bond motifs is 1. The van der Waals surface area contributed by atoms with Crippen LogP contribution in [0.25, 0.3) is 5.65 Å². The molecule has 0 saturated carbocycles. The van der Waals surface area contributed by atoms with Gasteiger partial charge in [-0.1, -0.05) is 6.07 Å². The standard InChI is InChI=1S/C16H17N7O2S/c1-21-14(8-17)15(9-19-21)26(24,25)22-6-4-12(5-7-22)13-2-3-16-18-11-20-23(16)10-13/h2-3,9-12H,4-7H2,1H3. The van der Waals surface area contributed by atoms with E-state index in [0.29, 0.717) is 25.9 Å². The lowest BCUT2D eigenvalue weighted by molar-refractivity contribution is 0.319. The molecule has 0 atom stereocenters. The summed E-state index contributed by atoms with van der Waals surface area (Å²) in [6.45, 7) is 0.810. The van der Waals surface area contributed by atoms with Crippen LogP contribution >= 0.6 is 0 Å². The fourth-order valence-corrected chi connectivity index (χ4v) is 4.95. The van der Waals surface area contributed by atoms with Crippen molar-refractivity contribution in [1.29, 1.82) is 5.26 Å². The molecule has 4 heterocycles. The maximum Gasteiger partial charge on any atom is 0.247 e. The van der Waals surface area contributed by atoms with Gasteiger partial charge in [-0.2, -0.15) is 19.8 Å². The van der Waals surface area contributed by atoms with E-state index in [1.165, 1.54) is 21.5 Å². The largest absolute Gasteiger partial charge is 0.257 e. The number of piperidine rings is 1. The van der Waals surface area contributed by atoms with Crippen LogP contribution in [0, 0.1) is 11.3 Å². The van der Waals surface area contributed by atoms with Crippen molar-refractivity contribution in [2.75, 3.05) is 13.1 Å². The highest BCUT2D eigenvalue weighted by Gasteiger charge is 2.33. The molecule has 1 fully saturated rings. The third kappa shape index (κ3) is 2.65. The number of nitriles is 1. The lowest BCUT2D eigenvalue weighted by atomic mass is 9.91. The lowest BCUT2D eigenvalue weighted by Gasteiger charge is -2.31. The van der Waals surface area contributed by atoms with Crippen LogP contribution in [0.3, 0.4) is 0 Å². The molecule has 0 bridgehead atoms. The van der Waals surface area contributed by atoms with Crippen molar-refractivity contribution in [3.05, 3.63) is 42.1 Å². The predicted molar refractivity (Wildman–Crippen MR) is 91.6 cm³/mol. The first-order valence-electron chi connectivity index (χ1n) is 8.22. The topological polar surface area (TPSA) is 109 Å². The Labute approximate surface area is 150 Å². The molecule has 134 valence electrons. The number of rotatable bonds is 3. The van der Waals surface area contributed by atoms with Crippen molar-refractivity contribution < 1.29 is 8.42 Å². The first kappa shape index (κ1) is 16.7. The molecule has 9 nitrogen and oxygen atoms in total. The third-order valence-corrected chi connectivity index (χ3v) is 6.75. The molecule has 3 aromatic rings. The van der Waals surface area contributed by atoms with Gasteiger partial charge in [0.15, 0.2) is 11.3 Å². The molecule has 10 heteroatoms. The summed E-state index contributed by atoms with van der Waals surface area (Å²) in [6, 6.07) is 5.86. The van der Waals surface area contributed by atoms with E-state index in [2.05, 4.69) is 15.2 Å². The SMILES string of the molecule is Cn1ncc(S(=O)(=O)N2CCC(c3ccc4ncnn4c3)CC2)c1C#N. The number of pyridine rings is 1. The van der Waals surface area contributed by atoms with Crippen LogP contribution in [0.2, 0.25) is 0 Å². The van der Waals surface area contributed by atoms with E-state index in [4.69, 9.17) is 0 Å². The van der Waals surface area contributed by atoms with E-state index in [0.717, 1.165) is 11.2 Å². The summed E-state index contributed by atoms with van der Waals surface area (Å²) in [5.41, 5.74) is 1.97. The van der Waals surface area contributed by atoms with Crippen LogP contribution in [0.15, 0.2) is 35.7 Å². The summed E-state index contributed by atoms with van der Waals surface area (Å²) in [5, 5.41) is 17.3. The number of nitrogens with zero attached hydrogens (tertiary/aromatic N) is 7. The second kappa shape index (κ2) is 6.19.